The van der Waals surface area contributed by atoms with Crippen LogP contribution < -0.4 is 4.90 Å². The third-order valence-corrected chi connectivity index (χ3v) is 10.3. The van der Waals surface area contributed by atoms with E-state index >= 15 is 0 Å². The highest BCUT2D eigenvalue weighted by Crippen LogP contribution is 2.40. The standard InChI is InChI=1S/C20H19ClN2O5S3/c21-14-6-8-17(9-7-14)30(25,26)18-19(23-12-10-15(24)11-13-23)29-20(22-18)31(27,28)16-4-2-1-3-5-16/h1-9,15,24H,10-13H2. The van der Waals surface area contributed by atoms with Crippen LogP contribution in [0.5, 0.6) is 0 Å². The Morgan fingerprint density at radius 1 is 0.903 bits per heavy atom. The fourth-order valence-electron chi connectivity index (χ4n) is 3.26. The molecule has 31 heavy (non-hydrogen) atoms. The minimum absolute atomic E-state index is 0.0239. The van der Waals surface area contributed by atoms with Crippen molar-refractivity contribution in [1.29, 1.82) is 0 Å². The quantitative estimate of drug-likeness (QED) is 0.574. The predicted molar refractivity (Wildman–Crippen MR) is 118 cm³/mol. The molecule has 11 heteroatoms. The molecule has 1 aliphatic rings. The topological polar surface area (TPSA) is 105 Å². The van der Waals surface area contributed by atoms with Crippen LogP contribution in [0.2, 0.25) is 5.02 Å². The van der Waals surface area contributed by atoms with Crippen molar-refractivity contribution in [3.8, 4) is 0 Å². The van der Waals surface area contributed by atoms with E-state index in [9.17, 15) is 21.9 Å². The number of aliphatic hydroxyl groups is 1. The number of hydrogen-bond acceptors (Lipinski definition) is 8. The van der Waals surface area contributed by atoms with E-state index in [4.69, 9.17) is 11.6 Å². The average Bonchev–Trinajstić information content (AvgIpc) is 3.22. The second-order valence-electron chi connectivity index (χ2n) is 7.08. The number of hydrogen-bond donors (Lipinski definition) is 1. The number of anilines is 1. The Kier molecular flexibility index (Phi) is 6.10. The molecule has 164 valence electrons. The Morgan fingerprint density at radius 2 is 1.48 bits per heavy atom. The maximum Gasteiger partial charge on any atom is 0.233 e. The van der Waals surface area contributed by atoms with Crippen molar-refractivity contribution in [2.45, 2.75) is 38.1 Å². The van der Waals surface area contributed by atoms with E-state index in [0.29, 0.717) is 31.0 Å². The summed E-state index contributed by atoms with van der Waals surface area (Å²) in [6, 6.07) is 13.4. The number of nitrogens with zero attached hydrogens (tertiary/aromatic N) is 2. The zero-order valence-corrected chi connectivity index (χ0v) is 19.4. The van der Waals surface area contributed by atoms with Gasteiger partial charge in [-0.25, -0.2) is 21.8 Å². The molecule has 7 nitrogen and oxygen atoms in total. The lowest BCUT2D eigenvalue weighted by molar-refractivity contribution is 0.145. The van der Waals surface area contributed by atoms with Gasteiger partial charge < -0.3 is 10.0 Å². The van der Waals surface area contributed by atoms with Crippen LogP contribution in [0.25, 0.3) is 0 Å². The van der Waals surface area contributed by atoms with Gasteiger partial charge in [0, 0.05) is 18.1 Å². The van der Waals surface area contributed by atoms with Crippen molar-refractivity contribution >= 4 is 47.6 Å². The van der Waals surface area contributed by atoms with Crippen LogP contribution in [-0.4, -0.2) is 46.1 Å². The lowest BCUT2D eigenvalue weighted by Crippen LogP contribution is -2.36. The molecule has 3 aromatic rings. The fourth-order valence-corrected chi connectivity index (χ4v) is 7.89. The van der Waals surface area contributed by atoms with Gasteiger partial charge in [-0.05, 0) is 49.2 Å². The van der Waals surface area contributed by atoms with Gasteiger partial charge in [0.1, 0.15) is 5.00 Å². The predicted octanol–water partition coefficient (Wildman–Crippen LogP) is 3.42. The van der Waals surface area contributed by atoms with E-state index in [1.54, 1.807) is 23.1 Å². The number of rotatable bonds is 5. The van der Waals surface area contributed by atoms with Crippen molar-refractivity contribution in [2.75, 3.05) is 18.0 Å². The number of thiazole rings is 1. The molecular weight excluding hydrogens is 480 g/mol. The van der Waals surface area contributed by atoms with Gasteiger partial charge in [0.15, 0.2) is 5.03 Å². The molecule has 0 spiro atoms. The van der Waals surface area contributed by atoms with Crippen molar-refractivity contribution in [3.63, 3.8) is 0 Å². The van der Waals surface area contributed by atoms with Crippen LogP contribution >= 0.6 is 22.9 Å². The van der Waals surface area contributed by atoms with Crippen LogP contribution in [-0.2, 0) is 19.7 Å². The highest BCUT2D eigenvalue weighted by atomic mass is 35.5. The van der Waals surface area contributed by atoms with Gasteiger partial charge in [0.05, 0.1) is 15.9 Å². The van der Waals surface area contributed by atoms with Crippen LogP contribution in [0.15, 0.2) is 73.8 Å². The zero-order chi connectivity index (χ0) is 22.2. The average molecular weight is 499 g/mol. The number of benzene rings is 2. The van der Waals surface area contributed by atoms with Crippen molar-refractivity contribution in [2.24, 2.45) is 0 Å². The third kappa shape index (κ3) is 4.35. The second kappa shape index (κ2) is 8.51. The highest BCUT2D eigenvalue weighted by Gasteiger charge is 2.34. The Morgan fingerprint density at radius 3 is 2.10 bits per heavy atom. The smallest absolute Gasteiger partial charge is 0.233 e. The summed E-state index contributed by atoms with van der Waals surface area (Å²) in [7, 11) is -8.09. The molecular formula is C20H19ClN2O5S3. The van der Waals surface area contributed by atoms with Gasteiger partial charge in [-0.2, -0.15) is 0 Å². The molecule has 0 aliphatic carbocycles. The molecule has 0 radical (unpaired) electrons. The largest absolute Gasteiger partial charge is 0.393 e. The van der Waals surface area contributed by atoms with Crippen molar-refractivity contribution in [3.05, 3.63) is 59.6 Å². The van der Waals surface area contributed by atoms with Crippen LogP contribution in [0.1, 0.15) is 12.8 Å². The van der Waals surface area contributed by atoms with E-state index in [-0.39, 0.29) is 24.2 Å². The SMILES string of the molecule is O=S(=O)(c1ccccc1)c1nc(S(=O)(=O)c2ccc(Cl)cc2)c(N2CCC(O)CC2)s1. The molecule has 4 rings (SSSR count). The summed E-state index contributed by atoms with van der Waals surface area (Å²) < 4.78 is 52.7. The molecule has 1 aromatic heterocycles. The molecule has 0 atom stereocenters. The minimum Gasteiger partial charge on any atom is -0.393 e. The molecule has 0 amide bonds. The lowest BCUT2D eigenvalue weighted by atomic mass is 10.1. The van der Waals surface area contributed by atoms with E-state index in [1.165, 1.54) is 36.4 Å². The van der Waals surface area contributed by atoms with Crippen LogP contribution in [0.3, 0.4) is 0 Å². The third-order valence-electron chi connectivity index (χ3n) is 4.97. The van der Waals surface area contributed by atoms with Gasteiger partial charge in [0.25, 0.3) is 0 Å². The Balaban J connectivity index is 1.86. The summed E-state index contributed by atoms with van der Waals surface area (Å²) in [6.07, 6.45) is 0.450. The van der Waals surface area contributed by atoms with E-state index in [0.717, 1.165) is 11.3 Å². The van der Waals surface area contributed by atoms with Crippen LogP contribution in [0, 0.1) is 0 Å². The summed E-state index contributed by atoms with van der Waals surface area (Å²) in [4.78, 5) is 5.92. The van der Waals surface area contributed by atoms with Crippen molar-refractivity contribution < 1.29 is 21.9 Å². The molecule has 1 saturated heterocycles. The van der Waals surface area contributed by atoms with Gasteiger partial charge in [-0.3, -0.25) is 0 Å². The minimum atomic E-state index is -4.10. The Hall–Kier alpha value is -1.98. The molecule has 0 bridgehead atoms. The molecule has 0 unspecified atom stereocenters. The number of aromatic nitrogens is 1. The molecule has 1 aliphatic heterocycles. The van der Waals surface area contributed by atoms with E-state index < -0.39 is 25.8 Å². The lowest BCUT2D eigenvalue weighted by Gasteiger charge is -2.30. The highest BCUT2D eigenvalue weighted by molar-refractivity contribution is 7.94. The fraction of sp³-hybridized carbons (Fsp3) is 0.250. The monoisotopic (exact) mass is 498 g/mol. The van der Waals surface area contributed by atoms with E-state index in [1.807, 2.05) is 0 Å². The number of aliphatic hydroxyl groups excluding tert-OH is 1. The summed E-state index contributed by atoms with van der Waals surface area (Å²) in [5, 5.41) is 10.2. The first-order valence-corrected chi connectivity index (χ1v) is 13.6. The Labute approximate surface area is 189 Å². The van der Waals surface area contributed by atoms with E-state index in [2.05, 4.69) is 4.98 Å². The van der Waals surface area contributed by atoms with Crippen molar-refractivity contribution in [1.82, 2.24) is 4.98 Å². The Bertz CT molecular complexity index is 1280. The number of sulfone groups is 2. The number of piperidine rings is 1. The summed E-state index contributed by atoms with van der Waals surface area (Å²) in [5.74, 6) is 0. The van der Waals surface area contributed by atoms with Gasteiger partial charge in [0.2, 0.25) is 24.0 Å². The maximum atomic E-state index is 13.4. The molecule has 1 fully saturated rings. The van der Waals surface area contributed by atoms with Gasteiger partial charge in [-0.1, -0.05) is 41.1 Å². The summed E-state index contributed by atoms with van der Waals surface area (Å²) >= 11 is 6.72. The first-order chi connectivity index (χ1) is 14.7. The first kappa shape index (κ1) is 22.2. The molecule has 1 N–H and O–H groups in total. The molecule has 2 heterocycles. The first-order valence-electron chi connectivity index (χ1n) is 9.44. The second-order valence-corrected chi connectivity index (χ2v) is 12.5. The number of halogens is 1. The van der Waals surface area contributed by atoms with Crippen LogP contribution in [0.4, 0.5) is 5.00 Å². The van der Waals surface area contributed by atoms with Gasteiger partial charge in [-0.15, -0.1) is 0 Å². The molecule has 0 saturated carbocycles. The zero-order valence-electron chi connectivity index (χ0n) is 16.2. The maximum absolute atomic E-state index is 13.4. The summed E-state index contributed by atoms with van der Waals surface area (Å²) in [6.45, 7) is 0.800. The van der Waals surface area contributed by atoms with Gasteiger partial charge >= 0.3 is 0 Å². The normalized spacial score (nSPS) is 15.9. The summed E-state index contributed by atoms with van der Waals surface area (Å²) in [5.41, 5.74) is 0. The molecule has 2 aromatic carbocycles.